The van der Waals surface area contributed by atoms with Crippen molar-refractivity contribution in [2.45, 2.75) is 40.3 Å². The first kappa shape index (κ1) is 20.3. The molecule has 0 aliphatic carbocycles. The van der Waals surface area contributed by atoms with Crippen molar-refractivity contribution >= 4 is 12.4 Å². The molecule has 0 saturated carbocycles. The second-order valence-corrected chi connectivity index (χ2v) is 5.67. The molecule has 132 valence electrons. The van der Waals surface area contributed by atoms with Crippen LogP contribution >= 0.6 is 12.4 Å². The van der Waals surface area contributed by atoms with Gasteiger partial charge in [0.25, 0.3) is 0 Å². The minimum Gasteiger partial charge on any atom is -0.490 e. The van der Waals surface area contributed by atoms with Gasteiger partial charge in [0.15, 0.2) is 11.5 Å². The van der Waals surface area contributed by atoms with E-state index < -0.39 is 0 Å². The van der Waals surface area contributed by atoms with Gasteiger partial charge in [0.1, 0.15) is 6.61 Å². The highest BCUT2D eigenvalue weighted by molar-refractivity contribution is 5.85. The van der Waals surface area contributed by atoms with Crippen LogP contribution in [0.3, 0.4) is 0 Å². The highest BCUT2D eigenvalue weighted by Gasteiger charge is 2.07. The first-order valence-corrected chi connectivity index (χ1v) is 8.37. The van der Waals surface area contributed by atoms with Crippen LogP contribution in [0.5, 0.6) is 11.5 Å². The van der Waals surface area contributed by atoms with E-state index in [2.05, 4.69) is 55.6 Å². The quantitative estimate of drug-likeness (QED) is 0.653. The van der Waals surface area contributed by atoms with E-state index in [-0.39, 0.29) is 12.4 Å². The van der Waals surface area contributed by atoms with Gasteiger partial charge in [-0.15, -0.1) is 12.4 Å². The molecule has 2 aromatic rings. The molecule has 0 amide bonds. The molecule has 3 nitrogen and oxygen atoms in total. The van der Waals surface area contributed by atoms with Gasteiger partial charge in [-0.2, -0.15) is 0 Å². The molecule has 0 heterocycles. The lowest BCUT2D eigenvalue weighted by Gasteiger charge is -2.14. The SMILES string of the molecule is CCCNCc1ccc(OCc2ccc(C)cc2)c(OCC)c1.Cl. The second-order valence-electron chi connectivity index (χ2n) is 5.67. The van der Waals surface area contributed by atoms with Crippen LogP contribution in [-0.4, -0.2) is 13.2 Å². The van der Waals surface area contributed by atoms with Gasteiger partial charge in [-0.3, -0.25) is 0 Å². The molecule has 0 unspecified atom stereocenters. The maximum Gasteiger partial charge on any atom is 0.161 e. The number of benzene rings is 2. The van der Waals surface area contributed by atoms with E-state index in [0.29, 0.717) is 13.2 Å². The standard InChI is InChI=1S/C20H27NO2.ClH/c1-4-12-21-14-18-10-11-19(20(13-18)22-5-2)23-15-17-8-6-16(3)7-9-17;/h6-11,13,21H,4-5,12,14-15H2,1-3H3;1H. The molecule has 0 bridgehead atoms. The van der Waals surface area contributed by atoms with E-state index in [0.717, 1.165) is 36.6 Å². The number of hydrogen-bond donors (Lipinski definition) is 1. The lowest BCUT2D eigenvalue weighted by Crippen LogP contribution is -2.13. The molecule has 4 heteroatoms. The third-order valence-electron chi connectivity index (χ3n) is 3.58. The fourth-order valence-electron chi connectivity index (χ4n) is 2.30. The summed E-state index contributed by atoms with van der Waals surface area (Å²) in [6, 6.07) is 14.6. The van der Waals surface area contributed by atoms with Gasteiger partial charge in [0, 0.05) is 6.54 Å². The van der Waals surface area contributed by atoms with Gasteiger partial charge < -0.3 is 14.8 Å². The second kappa shape index (κ2) is 11.0. The predicted molar refractivity (Wildman–Crippen MR) is 102 cm³/mol. The van der Waals surface area contributed by atoms with Crippen molar-refractivity contribution in [3.63, 3.8) is 0 Å². The van der Waals surface area contributed by atoms with Gasteiger partial charge in [-0.25, -0.2) is 0 Å². The van der Waals surface area contributed by atoms with E-state index in [1.54, 1.807) is 0 Å². The molecule has 0 atom stereocenters. The topological polar surface area (TPSA) is 30.5 Å². The zero-order chi connectivity index (χ0) is 16.5. The monoisotopic (exact) mass is 349 g/mol. The van der Waals surface area contributed by atoms with Gasteiger partial charge in [0.05, 0.1) is 6.61 Å². The van der Waals surface area contributed by atoms with Crippen LogP contribution in [0.15, 0.2) is 42.5 Å². The fraction of sp³-hybridized carbons (Fsp3) is 0.400. The minimum absolute atomic E-state index is 0. The number of ether oxygens (including phenoxy) is 2. The minimum atomic E-state index is 0. The van der Waals surface area contributed by atoms with Crippen LogP contribution in [0.1, 0.15) is 37.0 Å². The molecule has 24 heavy (non-hydrogen) atoms. The third-order valence-corrected chi connectivity index (χ3v) is 3.58. The molecule has 2 rings (SSSR count). The Morgan fingerprint density at radius 3 is 2.25 bits per heavy atom. The van der Waals surface area contributed by atoms with E-state index in [4.69, 9.17) is 9.47 Å². The fourth-order valence-corrected chi connectivity index (χ4v) is 2.30. The molecule has 0 aliphatic heterocycles. The number of aryl methyl sites for hydroxylation is 1. The average molecular weight is 350 g/mol. The highest BCUT2D eigenvalue weighted by Crippen LogP contribution is 2.29. The van der Waals surface area contributed by atoms with Crippen molar-refractivity contribution in [3.8, 4) is 11.5 Å². The Kier molecular flexibility index (Phi) is 9.28. The summed E-state index contributed by atoms with van der Waals surface area (Å²) in [5.74, 6) is 1.61. The third kappa shape index (κ3) is 6.42. The molecule has 0 radical (unpaired) electrons. The normalized spacial score (nSPS) is 10.1. The van der Waals surface area contributed by atoms with Gasteiger partial charge >= 0.3 is 0 Å². The zero-order valence-corrected chi connectivity index (χ0v) is 15.6. The summed E-state index contributed by atoms with van der Waals surface area (Å²) >= 11 is 0. The molecule has 2 aromatic carbocycles. The summed E-state index contributed by atoms with van der Waals surface area (Å²) in [5, 5.41) is 3.41. The van der Waals surface area contributed by atoms with Gasteiger partial charge in [-0.05, 0) is 50.1 Å². The summed E-state index contributed by atoms with van der Waals surface area (Å²) in [6.07, 6.45) is 1.13. The van der Waals surface area contributed by atoms with Crippen LogP contribution in [0, 0.1) is 6.92 Å². The Bertz CT molecular complexity index is 599. The number of halogens is 1. The van der Waals surface area contributed by atoms with Crippen LogP contribution in [-0.2, 0) is 13.2 Å². The van der Waals surface area contributed by atoms with Crippen molar-refractivity contribution in [1.82, 2.24) is 5.32 Å². The number of nitrogens with one attached hydrogen (secondary N) is 1. The maximum absolute atomic E-state index is 5.95. The summed E-state index contributed by atoms with van der Waals surface area (Å²) in [6.45, 7) is 9.30. The van der Waals surface area contributed by atoms with E-state index in [9.17, 15) is 0 Å². The largest absolute Gasteiger partial charge is 0.490 e. The van der Waals surface area contributed by atoms with Crippen LogP contribution in [0.4, 0.5) is 0 Å². The van der Waals surface area contributed by atoms with Crippen molar-refractivity contribution in [2.75, 3.05) is 13.2 Å². The number of rotatable bonds is 9. The maximum atomic E-state index is 5.95. The molecule has 0 spiro atoms. The summed E-state index contributed by atoms with van der Waals surface area (Å²) in [7, 11) is 0. The Morgan fingerprint density at radius 2 is 1.58 bits per heavy atom. The first-order valence-electron chi connectivity index (χ1n) is 8.37. The zero-order valence-electron chi connectivity index (χ0n) is 14.8. The van der Waals surface area contributed by atoms with E-state index in [1.165, 1.54) is 11.1 Å². The molecule has 0 saturated heterocycles. The average Bonchev–Trinajstić information content (AvgIpc) is 2.56. The molecule has 0 aromatic heterocycles. The van der Waals surface area contributed by atoms with Crippen molar-refractivity contribution < 1.29 is 9.47 Å². The summed E-state index contributed by atoms with van der Waals surface area (Å²) < 4.78 is 11.7. The van der Waals surface area contributed by atoms with Crippen LogP contribution < -0.4 is 14.8 Å². The summed E-state index contributed by atoms with van der Waals surface area (Å²) in [5.41, 5.74) is 3.63. The lowest BCUT2D eigenvalue weighted by atomic mass is 10.1. The first-order chi connectivity index (χ1) is 11.2. The van der Waals surface area contributed by atoms with E-state index >= 15 is 0 Å². The van der Waals surface area contributed by atoms with Crippen LogP contribution in [0.2, 0.25) is 0 Å². The molecule has 0 aliphatic rings. The Labute approximate surface area is 151 Å². The van der Waals surface area contributed by atoms with Crippen molar-refractivity contribution in [1.29, 1.82) is 0 Å². The molecular formula is C20H28ClNO2. The lowest BCUT2D eigenvalue weighted by molar-refractivity contribution is 0.269. The molecule has 0 fully saturated rings. The number of hydrogen-bond acceptors (Lipinski definition) is 3. The molecule has 1 N–H and O–H groups in total. The van der Waals surface area contributed by atoms with Gasteiger partial charge in [0.2, 0.25) is 0 Å². The molecular weight excluding hydrogens is 322 g/mol. The highest BCUT2D eigenvalue weighted by atomic mass is 35.5. The summed E-state index contributed by atoms with van der Waals surface area (Å²) in [4.78, 5) is 0. The van der Waals surface area contributed by atoms with Crippen LogP contribution in [0.25, 0.3) is 0 Å². The Balaban J connectivity index is 0.00000288. The van der Waals surface area contributed by atoms with E-state index in [1.807, 2.05) is 13.0 Å². The van der Waals surface area contributed by atoms with Gasteiger partial charge in [-0.1, -0.05) is 42.8 Å². The Morgan fingerprint density at radius 1 is 0.875 bits per heavy atom. The van der Waals surface area contributed by atoms with Crippen molar-refractivity contribution in [3.05, 3.63) is 59.2 Å². The Hall–Kier alpha value is -1.71. The smallest absolute Gasteiger partial charge is 0.161 e. The predicted octanol–water partition coefficient (Wildman–Crippen LogP) is 4.89. The van der Waals surface area contributed by atoms with Crippen molar-refractivity contribution in [2.24, 2.45) is 0 Å².